The fourth-order valence-corrected chi connectivity index (χ4v) is 3.47. The number of nitrogens with zero attached hydrogens (tertiary/aromatic N) is 5. The van der Waals surface area contributed by atoms with Gasteiger partial charge in [0, 0.05) is 38.6 Å². The van der Waals surface area contributed by atoms with E-state index in [2.05, 4.69) is 43.2 Å². The summed E-state index contributed by atoms with van der Waals surface area (Å²) in [6, 6.07) is 8.59. The van der Waals surface area contributed by atoms with Gasteiger partial charge in [0.15, 0.2) is 5.82 Å². The largest absolute Gasteiger partial charge is 0.373 e. The van der Waals surface area contributed by atoms with E-state index in [-0.39, 0.29) is 6.10 Å². The Morgan fingerprint density at radius 3 is 2.78 bits per heavy atom. The molecule has 0 amide bonds. The zero-order valence-corrected chi connectivity index (χ0v) is 13.3. The third-order valence-electron chi connectivity index (χ3n) is 4.61. The molecule has 2 aromatic rings. The lowest BCUT2D eigenvalue weighted by atomic mass is 10.1. The number of hydrogen-bond acceptors (Lipinski definition) is 6. The molecule has 0 N–H and O–H groups in total. The molecular weight excluding hydrogens is 290 g/mol. The third kappa shape index (κ3) is 3.04. The third-order valence-corrected chi connectivity index (χ3v) is 4.61. The summed E-state index contributed by atoms with van der Waals surface area (Å²) in [5, 5.41) is 8.57. The highest BCUT2D eigenvalue weighted by Crippen LogP contribution is 2.27. The molecule has 6 heteroatoms. The molecule has 2 fully saturated rings. The van der Waals surface area contributed by atoms with Crippen molar-refractivity contribution in [2.75, 3.05) is 31.1 Å². The second-order valence-electron chi connectivity index (χ2n) is 6.25. The van der Waals surface area contributed by atoms with Crippen molar-refractivity contribution in [3.63, 3.8) is 0 Å². The molecule has 2 saturated heterocycles. The van der Waals surface area contributed by atoms with Crippen molar-refractivity contribution in [2.45, 2.75) is 25.6 Å². The van der Waals surface area contributed by atoms with Crippen LogP contribution in [0.25, 0.3) is 0 Å². The van der Waals surface area contributed by atoms with Crippen LogP contribution in [0.2, 0.25) is 0 Å². The van der Waals surface area contributed by atoms with Gasteiger partial charge in [-0.25, -0.2) is 0 Å². The first-order valence-electron chi connectivity index (χ1n) is 8.09. The highest BCUT2D eigenvalue weighted by atomic mass is 16.5. The van der Waals surface area contributed by atoms with Gasteiger partial charge < -0.3 is 9.64 Å². The second-order valence-corrected chi connectivity index (χ2v) is 6.25. The number of aromatic nitrogens is 3. The van der Waals surface area contributed by atoms with E-state index in [1.54, 1.807) is 0 Å². The van der Waals surface area contributed by atoms with Gasteiger partial charge in [0.25, 0.3) is 0 Å². The Balaban J connectivity index is 1.49. The van der Waals surface area contributed by atoms with Crippen molar-refractivity contribution < 1.29 is 4.74 Å². The van der Waals surface area contributed by atoms with Crippen LogP contribution in [0, 0.1) is 6.92 Å². The van der Waals surface area contributed by atoms with E-state index < -0.39 is 0 Å². The minimum Gasteiger partial charge on any atom is -0.373 e. The fraction of sp³-hybridized carbons (Fsp3) is 0.471. The molecule has 2 aromatic heterocycles. The molecule has 6 nitrogen and oxygen atoms in total. The second kappa shape index (κ2) is 6.22. The maximum atomic E-state index is 6.00. The van der Waals surface area contributed by atoms with Crippen molar-refractivity contribution in [1.82, 2.24) is 20.1 Å². The van der Waals surface area contributed by atoms with Crippen LogP contribution >= 0.6 is 0 Å². The van der Waals surface area contributed by atoms with Crippen molar-refractivity contribution in [1.29, 1.82) is 0 Å². The molecule has 2 aliphatic heterocycles. The van der Waals surface area contributed by atoms with E-state index in [0.717, 1.165) is 44.3 Å². The van der Waals surface area contributed by atoms with Gasteiger partial charge in [-0.3, -0.25) is 9.88 Å². The van der Waals surface area contributed by atoms with Crippen LogP contribution in [0.5, 0.6) is 0 Å². The van der Waals surface area contributed by atoms with Gasteiger partial charge in [-0.1, -0.05) is 0 Å². The Hall–Kier alpha value is -2.05. The van der Waals surface area contributed by atoms with Gasteiger partial charge in [0.1, 0.15) is 0 Å². The number of fused-ring (bicyclic) bond motifs is 1. The Labute approximate surface area is 136 Å². The smallest absolute Gasteiger partial charge is 0.151 e. The first-order valence-corrected chi connectivity index (χ1v) is 8.09. The molecule has 2 atom stereocenters. The van der Waals surface area contributed by atoms with Gasteiger partial charge in [-0.05, 0) is 36.8 Å². The Bertz CT molecular complexity index is 648. The van der Waals surface area contributed by atoms with E-state index in [4.69, 9.17) is 4.74 Å². The molecule has 0 aliphatic carbocycles. The van der Waals surface area contributed by atoms with E-state index in [0.29, 0.717) is 6.04 Å². The molecule has 4 heterocycles. The van der Waals surface area contributed by atoms with E-state index in [9.17, 15) is 0 Å². The van der Waals surface area contributed by atoms with Crippen LogP contribution in [-0.2, 0) is 11.3 Å². The van der Waals surface area contributed by atoms with Gasteiger partial charge in [0.2, 0.25) is 0 Å². The highest BCUT2D eigenvalue weighted by molar-refractivity contribution is 5.40. The summed E-state index contributed by atoms with van der Waals surface area (Å²) in [5.74, 6) is 0.958. The molecular formula is C17H21N5O. The number of rotatable bonds is 3. The Kier molecular flexibility index (Phi) is 3.93. The van der Waals surface area contributed by atoms with Crippen molar-refractivity contribution in [2.24, 2.45) is 0 Å². The summed E-state index contributed by atoms with van der Waals surface area (Å²) in [5.41, 5.74) is 2.24. The maximum absolute atomic E-state index is 6.00. The van der Waals surface area contributed by atoms with Crippen molar-refractivity contribution in [3.8, 4) is 0 Å². The zero-order valence-electron chi connectivity index (χ0n) is 13.3. The van der Waals surface area contributed by atoms with Crippen molar-refractivity contribution >= 4 is 5.82 Å². The van der Waals surface area contributed by atoms with Crippen LogP contribution in [0.15, 0.2) is 36.7 Å². The number of ether oxygens (including phenoxy) is 1. The van der Waals surface area contributed by atoms with Crippen LogP contribution in [0.4, 0.5) is 5.82 Å². The van der Waals surface area contributed by atoms with E-state index in [1.807, 2.05) is 25.4 Å². The monoisotopic (exact) mass is 311 g/mol. The van der Waals surface area contributed by atoms with Crippen LogP contribution in [0.1, 0.15) is 11.3 Å². The number of likely N-dealkylation sites (tertiary alicyclic amines) is 1. The topological polar surface area (TPSA) is 54.4 Å². The minimum atomic E-state index is 0.244. The van der Waals surface area contributed by atoms with Crippen LogP contribution < -0.4 is 4.90 Å². The lowest BCUT2D eigenvalue weighted by molar-refractivity contribution is 0.0303. The average Bonchev–Trinajstić information content (AvgIpc) is 2.99. The van der Waals surface area contributed by atoms with Crippen molar-refractivity contribution in [3.05, 3.63) is 47.9 Å². The van der Waals surface area contributed by atoms with E-state index >= 15 is 0 Å². The molecule has 0 spiro atoms. The Morgan fingerprint density at radius 2 is 2.00 bits per heavy atom. The number of morpholine rings is 1. The number of anilines is 1. The summed E-state index contributed by atoms with van der Waals surface area (Å²) in [7, 11) is 0. The van der Waals surface area contributed by atoms with Gasteiger partial charge in [0.05, 0.1) is 24.4 Å². The molecule has 2 aliphatic rings. The lowest BCUT2D eigenvalue weighted by Gasteiger charge is -2.37. The molecule has 23 heavy (non-hydrogen) atoms. The number of hydrogen-bond donors (Lipinski definition) is 0. The number of aryl methyl sites for hydroxylation is 1. The predicted molar refractivity (Wildman–Crippen MR) is 87.2 cm³/mol. The lowest BCUT2D eigenvalue weighted by Crippen LogP contribution is -2.51. The van der Waals surface area contributed by atoms with Crippen LogP contribution in [0.3, 0.4) is 0 Å². The fourth-order valence-electron chi connectivity index (χ4n) is 3.47. The molecule has 0 aromatic carbocycles. The quantitative estimate of drug-likeness (QED) is 0.851. The molecule has 0 radical (unpaired) electrons. The maximum Gasteiger partial charge on any atom is 0.151 e. The molecule has 0 bridgehead atoms. The first kappa shape index (κ1) is 14.5. The zero-order chi connectivity index (χ0) is 15.6. The average molecular weight is 311 g/mol. The summed E-state index contributed by atoms with van der Waals surface area (Å²) in [6.45, 7) is 6.48. The number of pyridine rings is 1. The minimum absolute atomic E-state index is 0.244. The highest BCUT2D eigenvalue weighted by Gasteiger charge is 2.40. The van der Waals surface area contributed by atoms with Gasteiger partial charge in [-0.15, -0.1) is 5.10 Å². The summed E-state index contributed by atoms with van der Waals surface area (Å²) < 4.78 is 6.00. The van der Waals surface area contributed by atoms with E-state index in [1.165, 1.54) is 5.56 Å². The van der Waals surface area contributed by atoms with Gasteiger partial charge in [-0.2, -0.15) is 5.10 Å². The molecule has 0 saturated carbocycles. The molecule has 4 rings (SSSR count). The SMILES string of the molecule is Cc1ccc(N2CCO[C@@H]3CN(Cc4ccncc4)C[C@@H]32)nn1. The normalized spacial score (nSPS) is 24.7. The van der Waals surface area contributed by atoms with Gasteiger partial charge >= 0.3 is 0 Å². The summed E-state index contributed by atoms with van der Waals surface area (Å²) in [4.78, 5) is 8.89. The first-order chi connectivity index (χ1) is 11.3. The molecule has 120 valence electrons. The standard InChI is InChI=1S/C17H21N5O/c1-13-2-3-17(20-19-13)22-8-9-23-16-12-21(11-15(16)22)10-14-4-6-18-7-5-14/h2-7,15-16H,8-12H2,1H3/t15-,16+/m0/s1. The van der Waals surface area contributed by atoms with Crippen LogP contribution in [-0.4, -0.2) is 58.5 Å². The Morgan fingerprint density at radius 1 is 1.13 bits per heavy atom. The summed E-state index contributed by atoms with van der Waals surface area (Å²) in [6.07, 6.45) is 3.94. The molecule has 0 unspecified atom stereocenters. The predicted octanol–water partition coefficient (Wildman–Crippen LogP) is 1.27. The summed E-state index contributed by atoms with van der Waals surface area (Å²) >= 11 is 0.